The van der Waals surface area contributed by atoms with Crippen LogP contribution in [0.5, 0.6) is 0 Å². The maximum absolute atomic E-state index is 13.4. The molecule has 2 atom stereocenters. The van der Waals surface area contributed by atoms with Crippen molar-refractivity contribution in [3.05, 3.63) is 65.7 Å². The van der Waals surface area contributed by atoms with Gasteiger partial charge in [0.15, 0.2) is 11.4 Å². The van der Waals surface area contributed by atoms with Crippen LogP contribution in [0.15, 0.2) is 52.6 Å². The summed E-state index contributed by atoms with van der Waals surface area (Å²) in [6, 6.07) is 4.42. The summed E-state index contributed by atoms with van der Waals surface area (Å²) in [5.41, 5.74) is 2.14. The van der Waals surface area contributed by atoms with E-state index in [1.807, 2.05) is 12.2 Å². The molecule has 2 aliphatic rings. The van der Waals surface area contributed by atoms with Crippen molar-refractivity contribution in [3.63, 3.8) is 0 Å². The molecule has 2 aromatic rings. The number of carbonyl (C=O) groups excluding carboxylic acids is 1. The second kappa shape index (κ2) is 8.84. The Morgan fingerprint density at radius 1 is 1.38 bits per heavy atom. The molecule has 5 nitrogen and oxygen atoms in total. The molecular formula is C23H24FN2O3. The van der Waals surface area contributed by atoms with Gasteiger partial charge in [-0.15, -0.1) is 0 Å². The highest BCUT2D eigenvalue weighted by Gasteiger charge is 2.31. The molecule has 1 aliphatic heterocycles. The summed E-state index contributed by atoms with van der Waals surface area (Å²) in [5.74, 6) is -0.491. The number of piperidine rings is 1. The van der Waals surface area contributed by atoms with E-state index in [2.05, 4.69) is 22.2 Å². The Morgan fingerprint density at radius 3 is 3.00 bits per heavy atom. The molecule has 2 unspecified atom stereocenters. The number of fused-ring (bicyclic) bond motifs is 1. The van der Waals surface area contributed by atoms with Crippen LogP contribution in [0.25, 0.3) is 11.0 Å². The molecule has 1 aromatic heterocycles. The standard InChI is InChI=1S/C23H24FN2O3/c1-28-23-18(7-5-10-21(23)27)20(26-13-3-2-4-14-26)9-6-8-19-17-12-11-16(24)15-22(17)29-25-19/h5-7,9,11-12,15,20,23H,2-4,8,13-14H2,1H3. The van der Waals surface area contributed by atoms with Gasteiger partial charge < -0.3 is 9.26 Å². The highest BCUT2D eigenvalue weighted by atomic mass is 19.1. The minimum absolute atomic E-state index is 0.0295. The van der Waals surface area contributed by atoms with Crippen LogP contribution in [-0.4, -0.2) is 48.2 Å². The number of ether oxygens (including phenoxy) is 1. The molecule has 1 aliphatic carbocycles. The van der Waals surface area contributed by atoms with E-state index in [0.717, 1.165) is 42.6 Å². The highest BCUT2D eigenvalue weighted by Crippen LogP contribution is 2.26. The Kier molecular flexibility index (Phi) is 6.02. The number of ketones is 1. The van der Waals surface area contributed by atoms with Crippen LogP contribution in [0.4, 0.5) is 4.39 Å². The van der Waals surface area contributed by atoms with Crippen LogP contribution < -0.4 is 0 Å². The molecule has 29 heavy (non-hydrogen) atoms. The highest BCUT2D eigenvalue weighted by molar-refractivity contribution is 5.94. The number of benzene rings is 1. The monoisotopic (exact) mass is 395 g/mol. The van der Waals surface area contributed by atoms with Crippen molar-refractivity contribution in [2.75, 3.05) is 20.2 Å². The van der Waals surface area contributed by atoms with Crippen LogP contribution in [0.2, 0.25) is 0 Å². The summed E-state index contributed by atoms with van der Waals surface area (Å²) in [6.45, 7) is 1.97. The first kappa shape index (κ1) is 19.7. The van der Waals surface area contributed by atoms with Crippen molar-refractivity contribution in [1.29, 1.82) is 0 Å². The molecule has 0 saturated carbocycles. The van der Waals surface area contributed by atoms with E-state index < -0.39 is 6.10 Å². The van der Waals surface area contributed by atoms with Gasteiger partial charge >= 0.3 is 0 Å². The average Bonchev–Trinajstić information content (AvgIpc) is 3.13. The normalized spacial score (nSPS) is 21.8. The van der Waals surface area contributed by atoms with E-state index in [-0.39, 0.29) is 17.6 Å². The topological polar surface area (TPSA) is 55.6 Å². The minimum atomic E-state index is -0.604. The van der Waals surface area contributed by atoms with Crippen molar-refractivity contribution >= 4 is 16.8 Å². The molecule has 1 aromatic carbocycles. The molecule has 1 saturated heterocycles. The fourth-order valence-electron chi connectivity index (χ4n) is 4.09. The van der Waals surface area contributed by atoms with Crippen LogP contribution in [0.1, 0.15) is 25.0 Å². The van der Waals surface area contributed by atoms with Crippen molar-refractivity contribution in [2.45, 2.75) is 37.8 Å². The fraction of sp³-hybridized carbons (Fsp3) is 0.391. The summed E-state index contributed by atoms with van der Waals surface area (Å²) in [7, 11) is 1.56. The number of allylic oxidation sites excluding steroid dienone is 3. The molecule has 0 spiro atoms. The number of nitrogens with zero attached hydrogens (tertiary/aromatic N) is 2. The van der Waals surface area contributed by atoms with E-state index in [1.165, 1.54) is 18.6 Å². The Balaban J connectivity index is 1.58. The Bertz CT molecular complexity index is 970. The molecule has 0 bridgehead atoms. The quantitative estimate of drug-likeness (QED) is 0.697. The zero-order chi connectivity index (χ0) is 20.2. The molecule has 2 heterocycles. The van der Waals surface area contributed by atoms with Gasteiger partial charge in [0.25, 0.3) is 0 Å². The number of likely N-dealkylation sites (tertiary alicyclic amines) is 1. The molecule has 151 valence electrons. The van der Waals surface area contributed by atoms with E-state index in [0.29, 0.717) is 12.0 Å². The zero-order valence-corrected chi connectivity index (χ0v) is 16.4. The molecule has 0 N–H and O–H groups in total. The van der Waals surface area contributed by atoms with Gasteiger partial charge in [-0.3, -0.25) is 9.69 Å². The zero-order valence-electron chi connectivity index (χ0n) is 16.4. The summed E-state index contributed by atoms with van der Waals surface area (Å²) < 4.78 is 24.1. The van der Waals surface area contributed by atoms with Crippen molar-refractivity contribution in [2.24, 2.45) is 0 Å². The van der Waals surface area contributed by atoms with Crippen molar-refractivity contribution < 1.29 is 18.4 Å². The smallest absolute Gasteiger partial charge is 0.196 e. The van der Waals surface area contributed by atoms with Crippen LogP contribution >= 0.6 is 0 Å². The van der Waals surface area contributed by atoms with Gasteiger partial charge in [0.1, 0.15) is 11.9 Å². The van der Waals surface area contributed by atoms with Crippen LogP contribution in [0, 0.1) is 11.9 Å². The third kappa shape index (κ3) is 4.23. The Morgan fingerprint density at radius 2 is 2.21 bits per heavy atom. The van der Waals surface area contributed by atoms with Gasteiger partial charge in [0.2, 0.25) is 0 Å². The van der Waals surface area contributed by atoms with Crippen molar-refractivity contribution in [3.8, 4) is 0 Å². The predicted molar refractivity (Wildman–Crippen MR) is 108 cm³/mol. The SMILES string of the molecule is COC1C(=O)[C]=CC=C1C(C=CCc1noc2cc(F)ccc12)N1CCCCC1. The summed E-state index contributed by atoms with van der Waals surface area (Å²) >= 11 is 0. The molecule has 6 heteroatoms. The van der Waals surface area contributed by atoms with Crippen molar-refractivity contribution in [1.82, 2.24) is 10.1 Å². The fourth-order valence-corrected chi connectivity index (χ4v) is 4.09. The number of hydrogen-bond acceptors (Lipinski definition) is 5. The number of aromatic nitrogens is 1. The van der Waals surface area contributed by atoms with Gasteiger partial charge in [0, 0.05) is 31.1 Å². The number of rotatable bonds is 6. The Labute approximate surface area is 169 Å². The molecule has 0 amide bonds. The average molecular weight is 395 g/mol. The third-order valence-corrected chi connectivity index (χ3v) is 5.54. The maximum Gasteiger partial charge on any atom is 0.196 e. The molecule has 4 rings (SSSR count). The van der Waals surface area contributed by atoms with E-state index >= 15 is 0 Å². The van der Waals surface area contributed by atoms with E-state index in [1.54, 1.807) is 19.3 Å². The second-order valence-electron chi connectivity index (χ2n) is 7.40. The summed E-state index contributed by atoms with van der Waals surface area (Å²) in [6.07, 6.45) is 14.0. The lowest BCUT2D eigenvalue weighted by atomic mass is 9.91. The third-order valence-electron chi connectivity index (χ3n) is 5.54. The Hall–Kier alpha value is -2.57. The number of halogens is 1. The first-order chi connectivity index (χ1) is 14.2. The van der Waals surface area contributed by atoms with Gasteiger partial charge in [-0.1, -0.05) is 35.9 Å². The molecule has 1 fully saturated rings. The number of Topliss-reactive ketones (excluding diaryl/α,β-unsaturated/α-hetero) is 1. The number of methoxy groups -OCH3 is 1. The van der Waals surface area contributed by atoms with Gasteiger partial charge in [-0.25, -0.2) is 4.39 Å². The molecular weight excluding hydrogens is 371 g/mol. The summed E-state index contributed by atoms with van der Waals surface area (Å²) in [5, 5.41) is 4.90. The van der Waals surface area contributed by atoms with Gasteiger partial charge in [0.05, 0.1) is 11.7 Å². The lowest BCUT2D eigenvalue weighted by Gasteiger charge is -2.36. The minimum Gasteiger partial charge on any atom is -0.369 e. The summed E-state index contributed by atoms with van der Waals surface area (Å²) in [4.78, 5) is 14.6. The van der Waals surface area contributed by atoms with Crippen LogP contribution in [0.3, 0.4) is 0 Å². The molecule has 1 radical (unpaired) electrons. The lowest BCUT2D eigenvalue weighted by Crippen LogP contribution is -2.44. The van der Waals surface area contributed by atoms with Gasteiger partial charge in [-0.05, 0) is 43.6 Å². The van der Waals surface area contributed by atoms with Crippen LogP contribution in [-0.2, 0) is 16.0 Å². The predicted octanol–water partition coefficient (Wildman–Crippen LogP) is 3.80. The second-order valence-corrected chi connectivity index (χ2v) is 7.40. The number of carbonyl (C=O) groups is 1. The first-order valence-corrected chi connectivity index (χ1v) is 9.98. The maximum atomic E-state index is 13.4. The van der Waals surface area contributed by atoms with E-state index in [4.69, 9.17) is 9.26 Å². The van der Waals surface area contributed by atoms with Gasteiger partial charge in [-0.2, -0.15) is 0 Å². The lowest BCUT2D eigenvalue weighted by molar-refractivity contribution is -0.123. The largest absolute Gasteiger partial charge is 0.369 e. The van der Waals surface area contributed by atoms with E-state index in [9.17, 15) is 9.18 Å². The first-order valence-electron chi connectivity index (χ1n) is 9.98. The number of hydrogen-bond donors (Lipinski definition) is 0.